The molecular formula is C19H25N3O. The Morgan fingerprint density at radius 2 is 1.87 bits per heavy atom. The highest BCUT2D eigenvalue weighted by Crippen LogP contribution is 2.44. The number of imidazole rings is 1. The molecule has 1 N–H and O–H groups in total. The van der Waals surface area contributed by atoms with Gasteiger partial charge in [0.05, 0.1) is 0 Å². The second-order valence-corrected chi connectivity index (χ2v) is 7.20. The van der Waals surface area contributed by atoms with Crippen LogP contribution in [0.2, 0.25) is 0 Å². The molecule has 2 saturated heterocycles. The van der Waals surface area contributed by atoms with E-state index in [-0.39, 0.29) is 0 Å². The van der Waals surface area contributed by atoms with Crippen molar-refractivity contribution < 1.29 is 5.11 Å². The van der Waals surface area contributed by atoms with E-state index < -0.39 is 5.60 Å². The minimum absolute atomic E-state index is 0.449. The molecule has 0 saturated carbocycles. The van der Waals surface area contributed by atoms with Crippen molar-refractivity contribution in [1.29, 1.82) is 0 Å². The first-order valence-electron chi connectivity index (χ1n) is 8.65. The zero-order valence-corrected chi connectivity index (χ0v) is 13.7. The number of hydrogen-bond acceptors (Lipinski definition) is 3. The van der Waals surface area contributed by atoms with Gasteiger partial charge in [-0.1, -0.05) is 36.8 Å². The number of rotatable bonds is 3. The van der Waals surface area contributed by atoms with Crippen LogP contribution in [-0.4, -0.2) is 31.6 Å². The van der Waals surface area contributed by atoms with Crippen LogP contribution in [0, 0.1) is 0 Å². The van der Waals surface area contributed by atoms with Gasteiger partial charge in [0.1, 0.15) is 11.4 Å². The van der Waals surface area contributed by atoms with Crippen molar-refractivity contribution in [3.8, 4) is 0 Å². The van der Waals surface area contributed by atoms with Gasteiger partial charge in [0, 0.05) is 38.1 Å². The number of nitrogens with zero attached hydrogens (tertiary/aromatic N) is 3. The van der Waals surface area contributed by atoms with E-state index in [4.69, 9.17) is 0 Å². The van der Waals surface area contributed by atoms with Crippen molar-refractivity contribution in [2.24, 2.45) is 7.05 Å². The molecule has 2 aliphatic heterocycles. The molecule has 0 aliphatic carbocycles. The fourth-order valence-corrected chi connectivity index (χ4v) is 4.57. The van der Waals surface area contributed by atoms with Gasteiger partial charge in [-0.15, -0.1) is 0 Å². The summed E-state index contributed by atoms with van der Waals surface area (Å²) < 4.78 is 1.97. The molecule has 2 fully saturated rings. The molecule has 2 aromatic rings. The Labute approximate surface area is 137 Å². The Kier molecular flexibility index (Phi) is 3.74. The van der Waals surface area contributed by atoms with Crippen LogP contribution in [0.3, 0.4) is 0 Å². The van der Waals surface area contributed by atoms with Crippen molar-refractivity contribution >= 4 is 0 Å². The van der Waals surface area contributed by atoms with E-state index in [0.29, 0.717) is 12.1 Å². The summed E-state index contributed by atoms with van der Waals surface area (Å²) in [5.41, 5.74) is 0.591. The average Bonchev–Trinajstić information content (AvgIpc) is 2.97. The van der Waals surface area contributed by atoms with E-state index in [2.05, 4.69) is 40.2 Å². The number of fused-ring (bicyclic) bond motifs is 2. The second kappa shape index (κ2) is 5.77. The van der Waals surface area contributed by atoms with Crippen LogP contribution in [0.5, 0.6) is 0 Å². The molecule has 2 bridgehead atoms. The minimum atomic E-state index is -0.777. The molecule has 2 atom stereocenters. The molecule has 4 heteroatoms. The summed E-state index contributed by atoms with van der Waals surface area (Å²) in [5, 5.41) is 11.3. The summed E-state index contributed by atoms with van der Waals surface area (Å²) in [7, 11) is 1.98. The van der Waals surface area contributed by atoms with Crippen molar-refractivity contribution in [2.75, 3.05) is 0 Å². The van der Waals surface area contributed by atoms with Crippen LogP contribution in [-0.2, 0) is 19.2 Å². The first-order valence-corrected chi connectivity index (χ1v) is 8.65. The third-order valence-electron chi connectivity index (χ3n) is 5.60. The molecule has 23 heavy (non-hydrogen) atoms. The van der Waals surface area contributed by atoms with Crippen molar-refractivity contribution in [3.63, 3.8) is 0 Å². The number of hydrogen-bond donors (Lipinski definition) is 1. The molecule has 122 valence electrons. The van der Waals surface area contributed by atoms with E-state index in [1.165, 1.54) is 24.8 Å². The maximum Gasteiger partial charge on any atom is 0.140 e. The van der Waals surface area contributed by atoms with Crippen LogP contribution < -0.4 is 0 Å². The number of aliphatic hydroxyl groups is 1. The Morgan fingerprint density at radius 1 is 1.17 bits per heavy atom. The first-order chi connectivity index (χ1) is 11.2. The highest BCUT2D eigenvalue weighted by atomic mass is 16.3. The number of piperidine rings is 2. The molecule has 2 unspecified atom stereocenters. The smallest absolute Gasteiger partial charge is 0.140 e. The lowest BCUT2D eigenvalue weighted by Crippen LogP contribution is -2.56. The molecule has 0 radical (unpaired) electrons. The first kappa shape index (κ1) is 14.9. The topological polar surface area (TPSA) is 41.3 Å². The standard InChI is InChI=1S/C19H25N3O/c1-21-11-10-20-18(21)19(23)12-16-8-5-9-17(13-19)22(16)14-15-6-3-2-4-7-15/h2-4,6-7,10-11,16-17,23H,5,8-9,12-14H2,1H3. The average molecular weight is 311 g/mol. The van der Waals surface area contributed by atoms with Crippen LogP contribution >= 0.6 is 0 Å². The SMILES string of the molecule is Cn1ccnc1C1(O)CC2CCCC(C1)N2Cc1ccccc1. The lowest BCUT2D eigenvalue weighted by atomic mass is 9.75. The highest BCUT2D eigenvalue weighted by Gasteiger charge is 2.47. The maximum atomic E-state index is 11.3. The quantitative estimate of drug-likeness (QED) is 0.947. The second-order valence-electron chi connectivity index (χ2n) is 7.20. The Hall–Kier alpha value is -1.65. The summed E-state index contributed by atoms with van der Waals surface area (Å²) in [4.78, 5) is 7.06. The Balaban J connectivity index is 1.58. The molecule has 0 amide bonds. The number of aromatic nitrogens is 2. The Bertz CT molecular complexity index is 652. The summed E-state index contributed by atoms with van der Waals surface area (Å²) >= 11 is 0. The highest BCUT2D eigenvalue weighted by molar-refractivity contribution is 5.17. The van der Waals surface area contributed by atoms with E-state index >= 15 is 0 Å². The fraction of sp³-hybridized carbons (Fsp3) is 0.526. The lowest BCUT2D eigenvalue weighted by Gasteiger charge is -2.51. The van der Waals surface area contributed by atoms with E-state index in [9.17, 15) is 5.11 Å². The van der Waals surface area contributed by atoms with Gasteiger partial charge in [-0.05, 0) is 31.2 Å². The zero-order valence-electron chi connectivity index (χ0n) is 13.7. The summed E-state index contributed by atoms with van der Waals surface area (Å²) in [5.74, 6) is 0.828. The zero-order chi connectivity index (χ0) is 15.9. The Morgan fingerprint density at radius 3 is 2.48 bits per heavy atom. The van der Waals surface area contributed by atoms with Crippen LogP contribution in [0.4, 0.5) is 0 Å². The molecule has 2 aliphatic rings. The predicted octanol–water partition coefficient (Wildman–Crippen LogP) is 2.82. The van der Waals surface area contributed by atoms with Gasteiger partial charge in [0.15, 0.2) is 0 Å². The number of aryl methyl sites for hydroxylation is 1. The third-order valence-corrected chi connectivity index (χ3v) is 5.60. The predicted molar refractivity (Wildman–Crippen MR) is 89.8 cm³/mol. The fourth-order valence-electron chi connectivity index (χ4n) is 4.57. The van der Waals surface area contributed by atoms with Gasteiger partial charge in [-0.2, -0.15) is 0 Å². The maximum absolute atomic E-state index is 11.3. The van der Waals surface area contributed by atoms with Crippen molar-refractivity contribution in [1.82, 2.24) is 14.5 Å². The van der Waals surface area contributed by atoms with Gasteiger partial charge in [-0.3, -0.25) is 4.90 Å². The molecule has 4 rings (SSSR count). The molecule has 1 aromatic heterocycles. The van der Waals surface area contributed by atoms with Gasteiger partial charge in [0.25, 0.3) is 0 Å². The van der Waals surface area contributed by atoms with Crippen molar-refractivity contribution in [2.45, 2.75) is 56.3 Å². The van der Waals surface area contributed by atoms with Gasteiger partial charge < -0.3 is 9.67 Å². The molecule has 0 spiro atoms. The molecule has 3 heterocycles. The number of benzene rings is 1. The van der Waals surface area contributed by atoms with Crippen LogP contribution in [0.15, 0.2) is 42.7 Å². The van der Waals surface area contributed by atoms with E-state index in [1.54, 1.807) is 6.20 Å². The minimum Gasteiger partial charge on any atom is -0.382 e. The summed E-state index contributed by atoms with van der Waals surface area (Å²) in [6, 6.07) is 11.6. The molecular weight excluding hydrogens is 286 g/mol. The van der Waals surface area contributed by atoms with E-state index in [0.717, 1.165) is 25.2 Å². The largest absolute Gasteiger partial charge is 0.382 e. The molecule has 1 aromatic carbocycles. The van der Waals surface area contributed by atoms with Crippen LogP contribution in [0.25, 0.3) is 0 Å². The van der Waals surface area contributed by atoms with Crippen LogP contribution in [0.1, 0.15) is 43.5 Å². The normalized spacial score (nSPS) is 31.2. The van der Waals surface area contributed by atoms with Gasteiger partial charge in [0.2, 0.25) is 0 Å². The lowest BCUT2D eigenvalue weighted by molar-refractivity contribution is -0.106. The monoisotopic (exact) mass is 311 g/mol. The summed E-state index contributed by atoms with van der Waals surface area (Å²) in [6.45, 7) is 0.993. The summed E-state index contributed by atoms with van der Waals surface area (Å²) in [6.07, 6.45) is 8.94. The van der Waals surface area contributed by atoms with Gasteiger partial charge >= 0.3 is 0 Å². The van der Waals surface area contributed by atoms with E-state index in [1.807, 2.05) is 17.8 Å². The molecule has 4 nitrogen and oxygen atoms in total. The third kappa shape index (κ3) is 2.70. The van der Waals surface area contributed by atoms with Crippen molar-refractivity contribution in [3.05, 3.63) is 54.1 Å². The van der Waals surface area contributed by atoms with Gasteiger partial charge in [-0.25, -0.2) is 4.98 Å².